The maximum Gasteiger partial charge on any atom is 0.0628 e. The molecule has 0 fully saturated rings. The summed E-state index contributed by atoms with van der Waals surface area (Å²) in [5.74, 6) is 0. The number of nitrogens with two attached hydrogens (primary N) is 1. The van der Waals surface area contributed by atoms with Crippen LogP contribution in [0.1, 0.15) is 17.0 Å². The minimum Gasteiger partial charge on any atom is -0.329 e. The van der Waals surface area contributed by atoms with Gasteiger partial charge in [0.25, 0.3) is 0 Å². The first-order valence-corrected chi connectivity index (χ1v) is 5.06. The molecule has 0 atom stereocenters. The van der Waals surface area contributed by atoms with Gasteiger partial charge in [-0.15, -0.1) is 0 Å². The molecule has 4 nitrogen and oxygen atoms in total. The number of hydrogen-bond acceptors (Lipinski definition) is 3. The molecule has 0 amide bonds. The van der Waals surface area contributed by atoms with Gasteiger partial charge in [0.1, 0.15) is 0 Å². The monoisotopic (exact) mass is 196 g/mol. The van der Waals surface area contributed by atoms with Crippen LogP contribution in [0.25, 0.3) is 0 Å². The molecule has 0 aliphatic rings. The summed E-state index contributed by atoms with van der Waals surface area (Å²) >= 11 is 0. The lowest BCUT2D eigenvalue weighted by atomic mass is 10.1. The third kappa shape index (κ3) is 2.56. The molecule has 0 aliphatic heterocycles. The van der Waals surface area contributed by atoms with Gasteiger partial charge in [-0.3, -0.25) is 4.68 Å². The summed E-state index contributed by atoms with van der Waals surface area (Å²) in [4.78, 5) is 0. The molecular formula is C10H20N4. The summed E-state index contributed by atoms with van der Waals surface area (Å²) < 4.78 is 1.94. The van der Waals surface area contributed by atoms with E-state index >= 15 is 0 Å². The number of hydrogen-bond donors (Lipinski definition) is 2. The van der Waals surface area contributed by atoms with Crippen LogP contribution in [-0.4, -0.2) is 29.4 Å². The summed E-state index contributed by atoms with van der Waals surface area (Å²) in [6, 6.07) is 0. The molecule has 0 radical (unpaired) electrons. The minimum atomic E-state index is 0.699. The molecule has 4 heteroatoms. The average molecular weight is 196 g/mol. The molecular weight excluding hydrogens is 176 g/mol. The second-order valence-electron chi connectivity index (χ2n) is 3.56. The van der Waals surface area contributed by atoms with Crippen LogP contribution in [0.15, 0.2) is 0 Å². The first-order chi connectivity index (χ1) is 6.66. The fourth-order valence-electron chi connectivity index (χ4n) is 1.62. The van der Waals surface area contributed by atoms with Crippen molar-refractivity contribution in [3.8, 4) is 0 Å². The van der Waals surface area contributed by atoms with Crippen molar-refractivity contribution in [2.24, 2.45) is 12.8 Å². The normalized spacial score (nSPS) is 10.9. The molecule has 0 saturated heterocycles. The van der Waals surface area contributed by atoms with Gasteiger partial charge in [-0.25, -0.2) is 0 Å². The maximum absolute atomic E-state index is 5.39. The Morgan fingerprint density at radius 2 is 2.07 bits per heavy atom. The molecule has 0 unspecified atom stereocenters. The Labute approximate surface area is 85.5 Å². The van der Waals surface area contributed by atoms with Crippen LogP contribution in [0, 0.1) is 13.8 Å². The van der Waals surface area contributed by atoms with E-state index in [1.54, 1.807) is 0 Å². The van der Waals surface area contributed by atoms with E-state index < -0.39 is 0 Å². The summed E-state index contributed by atoms with van der Waals surface area (Å²) in [6.07, 6.45) is 1.03. The standard InChI is InChI=1S/C10H20N4/c1-8-10(4-6-12-7-5-11)9(2)14(3)13-8/h12H,4-7,11H2,1-3H3. The van der Waals surface area contributed by atoms with E-state index in [4.69, 9.17) is 5.73 Å². The van der Waals surface area contributed by atoms with Crippen molar-refractivity contribution in [1.29, 1.82) is 0 Å². The highest BCUT2D eigenvalue weighted by Crippen LogP contribution is 2.11. The van der Waals surface area contributed by atoms with E-state index in [1.807, 2.05) is 11.7 Å². The van der Waals surface area contributed by atoms with Gasteiger partial charge in [0.05, 0.1) is 5.69 Å². The van der Waals surface area contributed by atoms with Gasteiger partial charge in [0.15, 0.2) is 0 Å². The van der Waals surface area contributed by atoms with Crippen LogP contribution in [0.3, 0.4) is 0 Å². The molecule has 1 aromatic rings. The molecule has 1 rings (SSSR count). The number of nitrogens with zero attached hydrogens (tertiary/aromatic N) is 2. The van der Waals surface area contributed by atoms with Crippen molar-refractivity contribution in [2.75, 3.05) is 19.6 Å². The number of nitrogens with one attached hydrogen (secondary N) is 1. The zero-order chi connectivity index (χ0) is 10.6. The van der Waals surface area contributed by atoms with Gasteiger partial charge in [0.2, 0.25) is 0 Å². The Bertz CT molecular complexity index is 291. The fourth-order valence-corrected chi connectivity index (χ4v) is 1.62. The average Bonchev–Trinajstić information content (AvgIpc) is 2.38. The number of aryl methyl sites for hydroxylation is 2. The third-order valence-electron chi connectivity index (χ3n) is 2.53. The van der Waals surface area contributed by atoms with E-state index in [-0.39, 0.29) is 0 Å². The van der Waals surface area contributed by atoms with Gasteiger partial charge in [-0.05, 0) is 32.4 Å². The van der Waals surface area contributed by atoms with E-state index in [9.17, 15) is 0 Å². The Balaban J connectivity index is 2.49. The summed E-state index contributed by atoms with van der Waals surface area (Å²) in [6.45, 7) is 6.73. The Morgan fingerprint density at radius 1 is 1.36 bits per heavy atom. The van der Waals surface area contributed by atoms with Gasteiger partial charge in [-0.1, -0.05) is 0 Å². The highest BCUT2D eigenvalue weighted by atomic mass is 15.3. The van der Waals surface area contributed by atoms with Crippen molar-refractivity contribution in [2.45, 2.75) is 20.3 Å². The van der Waals surface area contributed by atoms with Crippen LogP contribution in [-0.2, 0) is 13.5 Å². The van der Waals surface area contributed by atoms with E-state index in [0.717, 1.165) is 25.2 Å². The van der Waals surface area contributed by atoms with Gasteiger partial charge >= 0.3 is 0 Å². The molecule has 0 bridgehead atoms. The van der Waals surface area contributed by atoms with E-state index in [0.29, 0.717) is 6.54 Å². The molecule has 3 N–H and O–H groups in total. The topological polar surface area (TPSA) is 55.9 Å². The highest BCUT2D eigenvalue weighted by molar-refractivity contribution is 5.24. The summed E-state index contributed by atoms with van der Waals surface area (Å²) in [5.41, 5.74) is 9.15. The first-order valence-electron chi connectivity index (χ1n) is 5.06. The second-order valence-corrected chi connectivity index (χ2v) is 3.56. The lowest BCUT2D eigenvalue weighted by Crippen LogP contribution is -2.24. The SMILES string of the molecule is Cc1nn(C)c(C)c1CCNCCN. The Kier molecular flexibility index (Phi) is 4.10. The van der Waals surface area contributed by atoms with Crippen molar-refractivity contribution < 1.29 is 0 Å². The quantitative estimate of drug-likeness (QED) is 0.658. The van der Waals surface area contributed by atoms with Gasteiger partial charge in [0, 0.05) is 25.8 Å². The van der Waals surface area contributed by atoms with E-state index in [1.165, 1.54) is 11.3 Å². The predicted molar refractivity (Wildman–Crippen MR) is 58.3 cm³/mol. The molecule has 0 saturated carbocycles. The molecule has 0 spiro atoms. The molecule has 1 heterocycles. The molecule has 1 aromatic heterocycles. The first kappa shape index (κ1) is 11.2. The highest BCUT2D eigenvalue weighted by Gasteiger charge is 2.07. The third-order valence-corrected chi connectivity index (χ3v) is 2.53. The van der Waals surface area contributed by atoms with Gasteiger partial charge in [-0.2, -0.15) is 5.10 Å². The summed E-state index contributed by atoms with van der Waals surface area (Å²) in [7, 11) is 1.99. The molecule has 0 aliphatic carbocycles. The zero-order valence-electron chi connectivity index (χ0n) is 9.30. The number of aromatic nitrogens is 2. The van der Waals surface area contributed by atoms with Crippen LogP contribution >= 0.6 is 0 Å². The van der Waals surface area contributed by atoms with Crippen molar-refractivity contribution in [1.82, 2.24) is 15.1 Å². The van der Waals surface area contributed by atoms with Crippen molar-refractivity contribution >= 4 is 0 Å². The molecule has 0 aromatic carbocycles. The lowest BCUT2D eigenvalue weighted by Gasteiger charge is -2.03. The van der Waals surface area contributed by atoms with Crippen LogP contribution in [0.2, 0.25) is 0 Å². The zero-order valence-corrected chi connectivity index (χ0v) is 9.30. The second kappa shape index (κ2) is 5.12. The number of rotatable bonds is 5. The van der Waals surface area contributed by atoms with Crippen molar-refractivity contribution in [3.63, 3.8) is 0 Å². The molecule has 80 valence electrons. The minimum absolute atomic E-state index is 0.699. The van der Waals surface area contributed by atoms with Gasteiger partial charge < -0.3 is 11.1 Å². The van der Waals surface area contributed by atoms with E-state index in [2.05, 4.69) is 24.3 Å². The van der Waals surface area contributed by atoms with Crippen LogP contribution in [0.4, 0.5) is 0 Å². The molecule has 14 heavy (non-hydrogen) atoms. The smallest absolute Gasteiger partial charge is 0.0628 e. The predicted octanol–water partition coefficient (Wildman–Crippen LogP) is 0.128. The maximum atomic E-state index is 5.39. The lowest BCUT2D eigenvalue weighted by molar-refractivity contribution is 0.684. The Morgan fingerprint density at radius 3 is 2.57 bits per heavy atom. The van der Waals surface area contributed by atoms with Crippen molar-refractivity contribution in [3.05, 3.63) is 17.0 Å². The van der Waals surface area contributed by atoms with Crippen LogP contribution < -0.4 is 11.1 Å². The van der Waals surface area contributed by atoms with Crippen LogP contribution in [0.5, 0.6) is 0 Å². The fraction of sp³-hybridized carbons (Fsp3) is 0.700. The largest absolute Gasteiger partial charge is 0.329 e. The Hall–Kier alpha value is -0.870. The summed E-state index contributed by atoms with van der Waals surface area (Å²) in [5, 5.41) is 7.66.